The van der Waals surface area contributed by atoms with Gasteiger partial charge in [-0.15, -0.1) is 0 Å². The van der Waals surface area contributed by atoms with Gasteiger partial charge in [-0.05, 0) is 56.3 Å². The smallest absolute Gasteiger partial charge is 0.0897 e. The van der Waals surface area contributed by atoms with Crippen molar-refractivity contribution < 1.29 is 4.74 Å². The number of fused-ring (bicyclic) bond motifs is 6. The van der Waals surface area contributed by atoms with Crippen molar-refractivity contribution in [1.29, 1.82) is 15.8 Å². The Balaban J connectivity index is 1.42. The molecule has 6 rings (SSSR count). The van der Waals surface area contributed by atoms with Crippen molar-refractivity contribution >= 4 is 0 Å². The zero-order valence-electron chi connectivity index (χ0n) is 19.1. The largest absolute Gasteiger partial charge is 0.373 e. The molecule has 12 unspecified atom stereocenters. The minimum absolute atomic E-state index is 0.0581. The molecule has 4 aliphatic carbocycles. The number of nitriles is 3. The normalized spacial score (nSPS) is 52.4. The van der Waals surface area contributed by atoms with Crippen molar-refractivity contribution in [2.45, 2.75) is 107 Å². The third kappa shape index (κ3) is 2.92. The van der Waals surface area contributed by atoms with Gasteiger partial charge in [0.25, 0.3) is 0 Å². The second-order valence-electron chi connectivity index (χ2n) is 11.6. The summed E-state index contributed by atoms with van der Waals surface area (Å²) >= 11 is 0. The summed E-state index contributed by atoms with van der Waals surface area (Å²) in [5.74, 6) is 0.882. The Morgan fingerprint density at radius 1 is 0.594 bits per heavy atom. The van der Waals surface area contributed by atoms with E-state index in [1.807, 2.05) is 0 Å². The average molecular weight is 433 g/mol. The summed E-state index contributed by atoms with van der Waals surface area (Å²) in [6.07, 6.45) is 14.7. The van der Waals surface area contributed by atoms with Gasteiger partial charge in [0, 0.05) is 24.0 Å². The molecular formula is C27H36N4O. The van der Waals surface area contributed by atoms with Crippen LogP contribution in [-0.4, -0.2) is 35.2 Å². The van der Waals surface area contributed by atoms with Gasteiger partial charge in [-0.1, -0.05) is 38.5 Å². The van der Waals surface area contributed by atoms with Crippen molar-refractivity contribution in [3.63, 3.8) is 0 Å². The Hall–Kier alpha value is -1.61. The van der Waals surface area contributed by atoms with Crippen molar-refractivity contribution in [2.24, 2.45) is 41.4 Å². The highest BCUT2D eigenvalue weighted by Crippen LogP contribution is 2.57. The lowest BCUT2D eigenvalue weighted by Crippen LogP contribution is -2.61. The number of ether oxygens (including phenoxy) is 1. The van der Waals surface area contributed by atoms with Crippen molar-refractivity contribution in [3.8, 4) is 18.2 Å². The Kier molecular flexibility index (Phi) is 5.44. The van der Waals surface area contributed by atoms with E-state index in [0.717, 1.165) is 24.7 Å². The van der Waals surface area contributed by atoms with Crippen LogP contribution in [-0.2, 0) is 4.74 Å². The summed E-state index contributed by atoms with van der Waals surface area (Å²) in [6.45, 7) is 0. The van der Waals surface area contributed by atoms with E-state index >= 15 is 0 Å². The molecule has 4 saturated carbocycles. The lowest BCUT2D eigenvalue weighted by Gasteiger charge is -2.50. The number of hydrogen-bond donors (Lipinski definition) is 0. The predicted octanol–water partition coefficient (Wildman–Crippen LogP) is 4.79. The highest BCUT2D eigenvalue weighted by molar-refractivity contribution is 5.23. The number of rotatable bonds is 1. The minimum Gasteiger partial charge on any atom is -0.373 e. The van der Waals surface area contributed by atoms with Crippen LogP contribution in [0, 0.1) is 75.4 Å². The lowest BCUT2D eigenvalue weighted by atomic mass is 9.59. The topological polar surface area (TPSA) is 83.8 Å². The molecule has 5 heteroatoms. The quantitative estimate of drug-likeness (QED) is 0.594. The molecule has 0 amide bonds. The van der Waals surface area contributed by atoms with E-state index in [1.165, 1.54) is 64.2 Å². The first-order valence-corrected chi connectivity index (χ1v) is 13.4. The molecule has 170 valence electrons. The van der Waals surface area contributed by atoms with Crippen LogP contribution in [0.4, 0.5) is 0 Å². The van der Waals surface area contributed by atoms with E-state index in [4.69, 9.17) is 4.74 Å². The summed E-state index contributed by atoms with van der Waals surface area (Å²) in [5.41, 5.74) is 0. The third-order valence-electron chi connectivity index (χ3n) is 10.5. The summed E-state index contributed by atoms with van der Waals surface area (Å²) < 4.78 is 6.65. The molecule has 6 aliphatic rings. The van der Waals surface area contributed by atoms with Crippen LogP contribution in [0.1, 0.15) is 77.0 Å². The van der Waals surface area contributed by atoms with E-state index in [9.17, 15) is 15.8 Å². The molecule has 0 bridgehead atoms. The van der Waals surface area contributed by atoms with Crippen LogP contribution in [0.2, 0.25) is 0 Å². The van der Waals surface area contributed by atoms with Crippen LogP contribution in [0.15, 0.2) is 0 Å². The van der Waals surface area contributed by atoms with Crippen LogP contribution >= 0.6 is 0 Å². The van der Waals surface area contributed by atoms with Crippen LogP contribution in [0.3, 0.4) is 0 Å². The highest BCUT2D eigenvalue weighted by Gasteiger charge is 2.64. The zero-order valence-corrected chi connectivity index (χ0v) is 19.1. The fraction of sp³-hybridized carbons (Fsp3) is 0.889. The second kappa shape index (κ2) is 8.31. The van der Waals surface area contributed by atoms with Crippen LogP contribution in [0.25, 0.3) is 0 Å². The summed E-state index contributed by atoms with van der Waals surface area (Å²) in [4.78, 5) is 2.68. The summed E-state index contributed by atoms with van der Waals surface area (Å²) in [6, 6.07) is 8.77. The molecule has 0 radical (unpaired) electrons. The first-order valence-electron chi connectivity index (χ1n) is 13.4. The molecule has 0 spiro atoms. The van der Waals surface area contributed by atoms with Crippen molar-refractivity contribution in [2.75, 3.05) is 0 Å². The average Bonchev–Trinajstić information content (AvgIpc) is 3.38. The molecule has 0 aromatic rings. The molecule has 12 atom stereocenters. The number of likely N-dealkylation sites (tertiary alicyclic amines) is 1. The maximum absolute atomic E-state index is 10.5. The first kappa shape index (κ1) is 21.0. The Bertz CT molecular complexity index is 831. The molecule has 6 fully saturated rings. The van der Waals surface area contributed by atoms with E-state index in [0.29, 0.717) is 18.0 Å². The monoisotopic (exact) mass is 432 g/mol. The molecular weight excluding hydrogens is 396 g/mol. The van der Waals surface area contributed by atoms with Gasteiger partial charge in [0.15, 0.2) is 0 Å². The Morgan fingerprint density at radius 3 is 1.72 bits per heavy atom. The molecule has 0 N–H and O–H groups in total. The van der Waals surface area contributed by atoms with Crippen molar-refractivity contribution in [3.05, 3.63) is 0 Å². The highest BCUT2D eigenvalue weighted by atomic mass is 16.5. The number of hydrogen-bond acceptors (Lipinski definition) is 5. The van der Waals surface area contributed by atoms with Crippen LogP contribution in [0.5, 0.6) is 0 Å². The maximum Gasteiger partial charge on any atom is 0.0897 e. The lowest BCUT2D eigenvalue weighted by molar-refractivity contribution is -0.0757. The van der Waals surface area contributed by atoms with Gasteiger partial charge in [-0.3, -0.25) is 4.90 Å². The molecule has 2 heterocycles. The minimum atomic E-state index is -0.376. The standard InChI is InChI=1S/C27H36N4O/c28-13-19-20(14-29)26(21(15-30)27-25(19)18-9-3-6-12-24(18)32-27)31-22-10-4-1-7-16(22)17-8-2-5-11-23(17)31/h16-27H,1-12H2. The fourth-order valence-corrected chi connectivity index (χ4v) is 9.49. The Morgan fingerprint density at radius 2 is 1.12 bits per heavy atom. The summed E-state index contributed by atoms with van der Waals surface area (Å²) in [7, 11) is 0. The summed E-state index contributed by atoms with van der Waals surface area (Å²) in [5, 5.41) is 31.3. The molecule has 32 heavy (non-hydrogen) atoms. The van der Waals surface area contributed by atoms with Gasteiger partial charge in [0.2, 0.25) is 0 Å². The first-order chi connectivity index (χ1) is 15.8. The molecule has 0 aromatic carbocycles. The van der Waals surface area contributed by atoms with Gasteiger partial charge in [-0.2, -0.15) is 15.8 Å². The number of nitrogens with zero attached hydrogens (tertiary/aromatic N) is 4. The molecule has 2 saturated heterocycles. The molecule has 0 aromatic heterocycles. The Labute approximate surface area is 192 Å². The van der Waals surface area contributed by atoms with Gasteiger partial charge in [-0.25, -0.2) is 0 Å². The van der Waals surface area contributed by atoms with Crippen molar-refractivity contribution in [1.82, 2.24) is 4.90 Å². The molecule has 2 aliphatic heterocycles. The van der Waals surface area contributed by atoms with Gasteiger partial charge in [0.05, 0.1) is 48.2 Å². The van der Waals surface area contributed by atoms with E-state index < -0.39 is 0 Å². The fourth-order valence-electron chi connectivity index (χ4n) is 9.49. The predicted molar refractivity (Wildman–Crippen MR) is 119 cm³/mol. The van der Waals surface area contributed by atoms with Gasteiger partial charge in [0.1, 0.15) is 0 Å². The van der Waals surface area contributed by atoms with Gasteiger partial charge >= 0.3 is 0 Å². The third-order valence-corrected chi connectivity index (χ3v) is 10.5. The maximum atomic E-state index is 10.5. The van der Waals surface area contributed by atoms with E-state index in [2.05, 4.69) is 23.1 Å². The van der Waals surface area contributed by atoms with E-state index in [1.54, 1.807) is 0 Å². The zero-order chi connectivity index (χ0) is 21.8. The second-order valence-corrected chi connectivity index (χ2v) is 11.6. The SMILES string of the molecule is N#CC1C(C#N)C(N2C3CCCCC3C3CCCCC32)C(C#N)C2OC3CCCCC3C12. The molecule has 5 nitrogen and oxygen atoms in total. The van der Waals surface area contributed by atoms with Gasteiger partial charge < -0.3 is 4.74 Å². The van der Waals surface area contributed by atoms with E-state index in [-0.39, 0.29) is 41.9 Å². The van der Waals surface area contributed by atoms with Crippen LogP contribution < -0.4 is 0 Å².